The first-order valence-corrected chi connectivity index (χ1v) is 6.82. The van der Waals surface area contributed by atoms with E-state index < -0.39 is 0 Å². The quantitative estimate of drug-likeness (QED) is 0.707. The summed E-state index contributed by atoms with van der Waals surface area (Å²) in [6.07, 6.45) is 1.80. The third-order valence-electron chi connectivity index (χ3n) is 3.53. The maximum atomic E-state index is 9.18. The molecule has 1 aromatic heterocycles. The van der Waals surface area contributed by atoms with Crippen LogP contribution in [-0.2, 0) is 0 Å². The maximum absolute atomic E-state index is 9.18. The van der Waals surface area contributed by atoms with Gasteiger partial charge in [0.1, 0.15) is 11.9 Å². The first-order valence-electron chi connectivity index (χ1n) is 6.82. The molecule has 0 aliphatic rings. The van der Waals surface area contributed by atoms with Crippen molar-refractivity contribution in [3.05, 3.63) is 71.5 Å². The Bertz CT molecular complexity index is 803. The van der Waals surface area contributed by atoms with Gasteiger partial charge in [0.25, 0.3) is 0 Å². The van der Waals surface area contributed by atoms with E-state index in [0.717, 1.165) is 28.2 Å². The highest BCUT2D eigenvalue weighted by atomic mass is 15.1. The molecule has 0 aliphatic carbocycles. The number of imidazole rings is 1. The Morgan fingerprint density at radius 1 is 0.952 bits per heavy atom. The Morgan fingerprint density at radius 2 is 1.62 bits per heavy atom. The lowest BCUT2D eigenvalue weighted by Gasteiger charge is -2.13. The van der Waals surface area contributed by atoms with E-state index in [0.29, 0.717) is 5.69 Å². The van der Waals surface area contributed by atoms with Crippen molar-refractivity contribution in [2.75, 3.05) is 0 Å². The third kappa shape index (κ3) is 2.32. The molecule has 1 heterocycles. The summed E-state index contributed by atoms with van der Waals surface area (Å²) < 4.78 is 2.01. The van der Waals surface area contributed by atoms with Crippen LogP contribution < -0.4 is 0 Å². The van der Waals surface area contributed by atoms with E-state index in [-0.39, 0.29) is 0 Å². The van der Waals surface area contributed by atoms with Crippen molar-refractivity contribution < 1.29 is 0 Å². The Hall–Kier alpha value is -2.86. The van der Waals surface area contributed by atoms with Gasteiger partial charge in [-0.15, -0.1) is 0 Å². The molecule has 0 saturated heterocycles. The number of para-hydroxylation sites is 1. The molecule has 3 nitrogen and oxygen atoms in total. The minimum atomic E-state index is 0.427. The van der Waals surface area contributed by atoms with E-state index in [2.05, 4.69) is 37.0 Å². The van der Waals surface area contributed by atoms with Crippen LogP contribution in [0.2, 0.25) is 0 Å². The largest absolute Gasteiger partial charge is 0.298 e. The zero-order valence-electron chi connectivity index (χ0n) is 12.0. The SMILES string of the molecule is Cc1cccc(C)c1-n1cc(C#N)nc1-c1ccccc1. The van der Waals surface area contributed by atoms with Crippen LogP contribution in [-0.4, -0.2) is 9.55 Å². The molecule has 21 heavy (non-hydrogen) atoms. The van der Waals surface area contributed by atoms with Crippen molar-refractivity contribution in [3.8, 4) is 23.1 Å². The minimum Gasteiger partial charge on any atom is -0.298 e. The second-order valence-electron chi connectivity index (χ2n) is 5.04. The standard InChI is InChI=1S/C18H15N3/c1-13-7-6-8-14(2)17(13)21-12-16(11-19)20-18(21)15-9-4-3-5-10-15/h3-10,12H,1-2H3. The van der Waals surface area contributed by atoms with E-state index in [9.17, 15) is 5.26 Å². The van der Waals surface area contributed by atoms with E-state index in [1.54, 1.807) is 6.20 Å². The number of nitriles is 1. The van der Waals surface area contributed by atoms with Gasteiger partial charge in [-0.05, 0) is 25.0 Å². The van der Waals surface area contributed by atoms with Gasteiger partial charge in [-0.3, -0.25) is 4.57 Å². The molecule has 0 fully saturated rings. The predicted molar refractivity (Wildman–Crippen MR) is 83.2 cm³/mol. The molecule has 0 bridgehead atoms. The van der Waals surface area contributed by atoms with Gasteiger partial charge in [0.2, 0.25) is 0 Å². The summed E-state index contributed by atoms with van der Waals surface area (Å²) in [5, 5.41) is 9.18. The lowest BCUT2D eigenvalue weighted by atomic mass is 10.1. The lowest BCUT2D eigenvalue weighted by molar-refractivity contribution is 1.03. The molecule has 2 aromatic carbocycles. The van der Waals surface area contributed by atoms with Gasteiger partial charge in [-0.1, -0.05) is 48.5 Å². The molecular weight excluding hydrogens is 258 g/mol. The summed E-state index contributed by atoms with van der Waals surface area (Å²) in [4.78, 5) is 4.46. The number of aryl methyl sites for hydroxylation is 2. The smallest absolute Gasteiger partial charge is 0.159 e. The van der Waals surface area contributed by atoms with Gasteiger partial charge in [-0.2, -0.15) is 5.26 Å². The monoisotopic (exact) mass is 273 g/mol. The Morgan fingerprint density at radius 3 is 2.24 bits per heavy atom. The Balaban J connectivity index is 2.29. The van der Waals surface area contributed by atoms with Crippen LogP contribution in [0.15, 0.2) is 54.7 Å². The van der Waals surface area contributed by atoms with Crippen molar-refractivity contribution in [2.24, 2.45) is 0 Å². The molecule has 0 radical (unpaired) electrons. The average molecular weight is 273 g/mol. The highest BCUT2D eigenvalue weighted by Gasteiger charge is 2.14. The predicted octanol–water partition coefficient (Wildman–Crippen LogP) is 4.03. The van der Waals surface area contributed by atoms with Crippen LogP contribution in [0, 0.1) is 25.2 Å². The first-order chi connectivity index (χ1) is 10.2. The molecular formula is C18H15N3. The summed E-state index contributed by atoms with van der Waals surface area (Å²) in [7, 11) is 0. The average Bonchev–Trinajstić information content (AvgIpc) is 2.92. The summed E-state index contributed by atoms with van der Waals surface area (Å²) in [6, 6.07) is 18.3. The summed E-state index contributed by atoms with van der Waals surface area (Å²) in [5.41, 5.74) is 4.84. The number of hydrogen-bond donors (Lipinski definition) is 0. The van der Waals surface area contributed by atoms with Gasteiger partial charge >= 0.3 is 0 Å². The van der Waals surface area contributed by atoms with Gasteiger partial charge in [0.15, 0.2) is 5.69 Å². The van der Waals surface area contributed by atoms with Crippen LogP contribution in [0.5, 0.6) is 0 Å². The highest BCUT2D eigenvalue weighted by molar-refractivity contribution is 5.62. The molecule has 0 saturated carbocycles. The van der Waals surface area contributed by atoms with E-state index in [1.807, 2.05) is 41.0 Å². The molecule has 0 N–H and O–H groups in total. The van der Waals surface area contributed by atoms with Crippen LogP contribution >= 0.6 is 0 Å². The van der Waals surface area contributed by atoms with Crippen LogP contribution in [0.3, 0.4) is 0 Å². The summed E-state index contributed by atoms with van der Waals surface area (Å²) >= 11 is 0. The number of aromatic nitrogens is 2. The van der Waals surface area contributed by atoms with Crippen LogP contribution in [0.1, 0.15) is 16.8 Å². The molecule has 3 rings (SSSR count). The highest BCUT2D eigenvalue weighted by Crippen LogP contribution is 2.26. The molecule has 0 spiro atoms. The summed E-state index contributed by atoms with van der Waals surface area (Å²) in [6.45, 7) is 4.15. The van der Waals surface area contributed by atoms with Gasteiger partial charge < -0.3 is 0 Å². The number of benzene rings is 2. The first kappa shape index (κ1) is 13.1. The van der Waals surface area contributed by atoms with Crippen LogP contribution in [0.4, 0.5) is 0 Å². The third-order valence-corrected chi connectivity index (χ3v) is 3.53. The fourth-order valence-electron chi connectivity index (χ4n) is 2.58. The molecule has 3 heteroatoms. The maximum Gasteiger partial charge on any atom is 0.159 e. The second-order valence-corrected chi connectivity index (χ2v) is 5.04. The topological polar surface area (TPSA) is 41.6 Å². The zero-order chi connectivity index (χ0) is 14.8. The Kier molecular flexibility index (Phi) is 3.29. The normalized spacial score (nSPS) is 10.3. The Labute approximate surface area is 124 Å². The van der Waals surface area contributed by atoms with E-state index in [4.69, 9.17) is 0 Å². The molecule has 0 atom stereocenters. The van der Waals surface area contributed by atoms with Crippen LogP contribution in [0.25, 0.3) is 17.1 Å². The number of hydrogen-bond acceptors (Lipinski definition) is 2. The van der Waals surface area contributed by atoms with Gasteiger partial charge in [0, 0.05) is 11.8 Å². The molecule has 0 amide bonds. The minimum absolute atomic E-state index is 0.427. The fourth-order valence-corrected chi connectivity index (χ4v) is 2.58. The zero-order valence-corrected chi connectivity index (χ0v) is 12.0. The van der Waals surface area contributed by atoms with Crippen molar-refractivity contribution in [3.63, 3.8) is 0 Å². The summed E-state index contributed by atoms with van der Waals surface area (Å²) in [5.74, 6) is 0.796. The molecule has 0 unspecified atom stereocenters. The van der Waals surface area contributed by atoms with Gasteiger partial charge in [0.05, 0.1) is 5.69 Å². The fraction of sp³-hybridized carbons (Fsp3) is 0.111. The van der Waals surface area contributed by atoms with Crippen molar-refractivity contribution in [1.82, 2.24) is 9.55 Å². The molecule has 102 valence electrons. The van der Waals surface area contributed by atoms with E-state index >= 15 is 0 Å². The van der Waals surface area contributed by atoms with Crippen molar-refractivity contribution >= 4 is 0 Å². The van der Waals surface area contributed by atoms with Crippen molar-refractivity contribution in [2.45, 2.75) is 13.8 Å². The van der Waals surface area contributed by atoms with Crippen molar-refractivity contribution in [1.29, 1.82) is 5.26 Å². The van der Waals surface area contributed by atoms with E-state index in [1.165, 1.54) is 0 Å². The number of nitrogens with zero attached hydrogens (tertiary/aromatic N) is 3. The number of rotatable bonds is 2. The second kappa shape index (κ2) is 5.26. The molecule has 3 aromatic rings. The lowest BCUT2D eigenvalue weighted by Crippen LogP contribution is -2.01. The van der Waals surface area contributed by atoms with Gasteiger partial charge in [-0.25, -0.2) is 4.98 Å². The molecule has 0 aliphatic heterocycles.